The molecule has 128 valence electrons. The summed E-state index contributed by atoms with van der Waals surface area (Å²) in [6.45, 7) is 2.62. The minimum atomic E-state index is -3.55. The average Bonchev–Trinajstić information content (AvgIpc) is 3.25. The molecule has 0 unspecified atom stereocenters. The van der Waals surface area contributed by atoms with Crippen LogP contribution >= 0.6 is 11.3 Å². The molecule has 0 spiro atoms. The van der Waals surface area contributed by atoms with Crippen LogP contribution in [0.2, 0.25) is 0 Å². The topological polar surface area (TPSA) is 78.5 Å². The van der Waals surface area contributed by atoms with E-state index in [4.69, 9.17) is 0 Å². The third kappa shape index (κ3) is 3.76. The van der Waals surface area contributed by atoms with Crippen LogP contribution in [0.1, 0.15) is 41.8 Å². The van der Waals surface area contributed by atoms with Crippen molar-refractivity contribution >= 4 is 27.3 Å². The predicted octanol–water partition coefficient (Wildman–Crippen LogP) is 1.40. The highest BCUT2D eigenvalue weighted by atomic mass is 32.2. The molecule has 2 saturated heterocycles. The van der Waals surface area contributed by atoms with Gasteiger partial charge in [-0.25, -0.2) is 8.42 Å². The van der Waals surface area contributed by atoms with E-state index in [-0.39, 0.29) is 16.8 Å². The summed E-state index contributed by atoms with van der Waals surface area (Å²) in [5.41, 5.74) is 0. The van der Waals surface area contributed by atoms with Crippen LogP contribution in [0, 0.1) is 0 Å². The number of carbonyl (C=O) groups is 1. The van der Waals surface area contributed by atoms with Gasteiger partial charge < -0.3 is 10.6 Å². The van der Waals surface area contributed by atoms with Gasteiger partial charge in [-0.3, -0.25) is 4.79 Å². The first-order valence-electron chi connectivity index (χ1n) is 8.18. The van der Waals surface area contributed by atoms with Crippen LogP contribution in [0.4, 0.5) is 0 Å². The number of thiophene rings is 1. The van der Waals surface area contributed by atoms with Gasteiger partial charge in [-0.15, -0.1) is 11.3 Å². The molecule has 2 N–H and O–H groups in total. The Morgan fingerprint density at radius 2 is 2.09 bits per heavy atom. The van der Waals surface area contributed by atoms with Crippen molar-refractivity contribution in [3.05, 3.63) is 16.3 Å². The summed E-state index contributed by atoms with van der Waals surface area (Å²) in [5.74, 6) is -0.287. The Morgan fingerprint density at radius 3 is 2.78 bits per heavy atom. The largest absolute Gasteiger partial charge is 0.350 e. The van der Waals surface area contributed by atoms with Gasteiger partial charge in [-0.2, -0.15) is 4.31 Å². The number of piperidine rings is 1. The zero-order valence-corrected chi connectivity index (χ0v) is 14.7. The highest BCUT2D eigenvalue weighted by molar-refractivity contribution is 7.89. The molecule has 1 aromatic heterocycles. The van der Waals surface area contributed by atoms with Gasteiger partial charge in [0.05, 0.1) is 0 Å². The van der Waals surface area contributed by atoms with Crippen molar-refractivity contribution in [2.75, 3.05) is 26.2 Å². The van der Waals surface area contributed by atoms with Crippen molar-refractivity contribution in [3.8, 4) is 0 Å². The molecule has 1 aromatic rings. The second-order valence-corrected chi connectivity index (χ2v) is 8.90. The third-order valence-corrected chi connectivity index (χ3v) is 7.42. The van der Waals surface area contributed by atoms with E-state index in [0.717, 1.165) is 25.8 Å². The van der Waals surface area contributed by atoms with E-state index in [9.17, 15) is 13.2 Å². The van der Waals surface area contributed by atoms with E-state index in [1.807, 2.05) is 0 Å². The number of rotatable bonds is 5. The maximum Gasteiger partial charge on any atom is 0.262 e. The highest BCUT2D eigenvalue weighted by Crippen LogP contribution is 2.27. The second kappa shape index (κ2) is 7.29. The first-order chi connectivity index (χ1) is 11.1. The van der Waals surface area contributed by atoms with Crippen molar-refractivity contribution < 1.29 is 13.2 Å². The Hall–Kier alpha value is -0.960. The van der Waals surface area contributed by atoms with Crippen molar-refractivity contribution in [1.29, 1.82) is 0 Å². The Balaban J connectivity index is 1.68. The van der Waals surface area contributed by atoms with Crippen molar-refractivity contribution in [1.82, 2.24) is 14.9 Å². The molecule has 2 aliphatic rings. The van der Waals surface area contributed by atoms with Crippen LogP contribution in [-0.4, -0.2) is 50.9 Å². The second-order valence-electron chi connectivity index (χ2n) is 6.08. The standard InChI is InChI=1S/C15H23N3O3S2/c19-15(17-11-12-5-1-2-7-16-12)14-13(6-10-22-14)23(20,21)18-8-3-4-9-18/h6,10,12,16H,1-5,7-9,11H2,(H,17,19)/t12-/m1/s1. The number of amides is 1. The van der Waals surface area contributed by atoms with E-state index in [0.29, 0.717) is 24.5 Å². The van der Waals surface area contributed by atoms with Crippen LogP contribution < -0.4 is 10.6 Å². The minimum absolute atomic E-state index is 0.151. The van der Waals surface area contributed by atoms with Crippen LogP contribution in [0.15, 0.2) is 16.3 Å². The molecule has 1 atom stereocenters. The average molecular weight is 358 g/mol. The summed E-state index contributed by atoms with van der Waals surface area (Å²) < 4.78 is 26.8. The zero-order valence-electron chi connectivity index (χ0n) is 13.1. The summed E-state index contributed by atoms with van der Waals surface area (Å²) in [5, 5.41) is 7.93. The van der Waals surface area contributed by atoms with E-state index in [1.54, 1.807) is 11.4 Å². The number of hydrogen-bond donors (Lipinski definition) is 2. The van der Waals surface area contributed by atoms with Gasteiger partial charge in [0.25, 0.3) is 5.91 Å². The molecule has 1 amide bonds. The van der Waals surface area contributed by atoms with Crippen LogP contribution in [0.5, 0.6) is 0 Å². The fourth-order valence-electron chi connectivity index (χ4n) is 3.13. The molecule has 6 nitrogen and oxygen atoms in total. The van der Waals surface area contributed by atoms with Gasteiger partial charge in [-0.1, -0.05) is 6.42 Å². The Morgan fingerprint density at radius 1 is 1.30 bits per heavy atom. The van der Waals surface area contributed by atoms with E-state index in [1.165, 1.54) is 28.5 Å². The molecule has 23 heavy (non-hydrogen) atoms. The van der Waals surface area contributed by atoms with E-state index in [2.05, 4.69) is 10.6 Å². The predicted molar refractivity (Wildman–Crippen MR) is 90.3 cm³/mol. The zero-order chi connectivity index (χ0) is 16.3. The van der Waals surface area contributed by atoms with Crippen molar-refractivity contribution in [2.45, 2.75) is 43.0 Å². The van der Waals surface area contributed by atoms with Gasteiger partial charge in [-0.05, 0) is 43.7 Å². The van der Waals surface area contributed by atoms with Crippen LogP contribution in [0.3, 0.4) is 0 Å². The number of nitrogens with zero attached hydrogens (tertiary/aromatic N) is 1. The molecule has 3 rings (SSSR count). The molecule has 0 saturated carbocycles. The summed E-state index contributed by atoms with van der Waals surface area (Å²) in [6, 6.07) is 1.83. The van der Waals surface area contributed by atoms with E-state index >= 15 is 0 Å². The summed E-state index contributed by atoms with van der Waals surface area (Å²) in [6.07, 6.45) is 5.16. The number of sulfonamides is 1. The van der Waals surface area contributed by atoms with Crippen molar-refractivity contribution in [3.63, 3.8) is 0 Å². The molecular weight excluding hydrogens is 334 g/mol. The van der Waals surface area contributed by atoms with Gasteiger partial charge in [0.2, 0.25) is 10.0 Å². The molecule has 0 aliphatic carbocycles. The summed E-state index contributed by atoms with van der Waals surface area (Å²) >= 11 is 1.19. The SMILES string of the molecule is O=C(NC[C@H]1CCCCN1)c1sccc1S(=O)(=O)N1CCCC1. The van der Waals surface area contributed by atoms with Gasteiger partial charge in [0.15, 0.2) is 0 Å². The first kappa shape index (κ1) is 16.9. The lowest BCUT2D eigenvalue weighted by atomic mass is 10.1. The molecule has 8 heteroatoms. The Bertz CT molecular complexity index is 645. The van der Waals surface area contributed by atoms with Gasteiger partial charge in [0.1, 0.15) is 9.77 Å². The molecular formula is C15H23N3O3S2. The molecule has 0 aromatic carbocycles. The maximum absolute atomic E-state index is 12.7. The lowest BCUT2D eigenvalue weighted by molar-refractivity contribution is 0.0948. The monoisotopic (exact) mass is 357 g/mol. The lowest BCUT2D eigenvalue weighted by Gasteiger charge is -2.23. The van der Waals surface area contributed by atoms with E-state index < -0.39 is 10.0 Å². The Labute approximate surface area is 141 Å². The summed E-state index contributed by atoms with van der Waals surface area (Å²) in [4.78, 5) is 12.9. The molecule has 2 aliphatic heterocycles. The number of carbonyl (C=O) groups excluding carboxylic acids is 1. The van der Waals surface area contributed by atoms with Crippen molar-refractivity contribution in [2.24, 2.45) is 0 Å². The molecule has 0 bridgehead atoms. The molecule has 0 radical (unpaired) electrons. The normalized spacial score (nSPS) is 23.0. The Kier molecular flexibility index (Phi) is 5.35. The van der Waals surface area contributed by atoms with Crippen LogP contribution in [-0.2, 0) is 10.0 Å². The maximum atomic E-state index is 12.7. The fraction of sp³-hybridized carbons (Fsp3) is 0.667. The van der Waals surface area contributed by atoms with Gasteiger partial charge in [0, 0.05) is 25.7 Å². The summed E-state index contributed by atoms with van der Waals surface area (Å²) in [7, 11) is -3.55. The highest BCUT2D eigenvalue weighted by Gasteiger charge is 2.31. The minimum Gasteiger partial charge on any atom is -0.350 e. The molecule has 2 fully saturated rings. The lowest BCUT2D eigenvalue weighted by Crippen LogP contribution is -2.43. The third-order valence-electron chi connectivity index (χ3n) is 4.44. The molecule has 3 heterocycles. The quantitative estimate of drug-likeness (QED) is 0.835. The van der Waals surface area contributed by atoms with Crippen LogP contribution in [0.25, 0.3) is 0 Å². The number of hydrogen-bond acceptors (Lipinski definition) is 5. The smallest absolute Gasteiger partial charge is 0.262 e. The fourth-order valence-corrected chi connectivity index (χ4v) is 5.96. The van der Waals surface area contributed by atoms with Gasteiger partial charge >= 0.3 is 0 Å². The first-order valence-corrected chi connectivity index (χ1v) is 10.5. The number of nitrogens with one attached hydrogen (secondary N) is 2.